The van der Waals surface area contributed by atoms with Gasteiger partial charge in [0, 0.05) is 46.0 Å². The first-order valence-electron chi connectivity index (χ1n) is 12.4. The quantitative estimate of drug-likeness (QED) is 0.387. The van der Waals surface area contributed by atoms with E-state index in [-0.39, 0.29) is 23.0 Å². The van der Waals surface area contributed by atoms with Gasteiger partial charge in [-0.2, -0.15) is 0 Å². The number of carbonyl (C=O) groups is 1. The highest BCUT2D eigenvalue weighted by Gasteiger charge is 2.44. The van der Waals surface area contributed by atoms with E-state index in [1.54, 1.807) is 35.2 Å². The monoisotopic (exact) mass is 480 g/mol. The van der Waals surface area contributed by atoms with Gasteiger partial charge in [0.1, 0.15) is 17.4 Å². The Kier molecular flexibility index (Phi) is 6.31. The zero-order chi connectivity index (χ0) is 25.4. The van der Waals surface area contributed by atoms with Gasteiger partial charge in [0.2, 0.25) is 0 Å². The Morgan fingerprint density at radius 1 is 1.03 bits per heavy atom. The summed E-state index contributed by atoms with van der Waals surface area (Å²) in [5.41, 5.74) is 5.18. The molecule has 5 heteroatoms. The predicted octanol–water partition coefficient (Wildman–Crippen LogP) is 7.25. The van der Waals surface area contributed by atoms with Crippen LogP contribution in [-0.4, -0.2) is 16.7 Å². The molecule has 3 aromatic carbocycles. The number of benzene rings is 3. The lowest BCUT2D eigenvalue weighted by atomic mass is 9.73. The van der Waals surface area contributed by atoms with Crippen molar-refractivity contribution in [2.75, 3.05) is 4.90 Å². The number of amidine groups is 1. The first-order chi connectivity index (χ1) is 17.4. The van der Waals surface area contributed by atoms with E-state index in [2.05, 4.69) is 6.92 Å². The van der Waals surface area contributed by atoms with Crippen LogP contribution in [0.4, 0.5) is 10.1 Å². The number of carbonyl (C=O) groups excluding carboxylic acids is 1. The predicted molar refractivity (Wildman–Crippen MR) is 142 cm³/mol. The molecule has 0 radical (unpaired) electrons. The van der Waals surface area contributed by atoms with Crippen molar-refractivity contribution in [3.05, 3.63) is 118 Å². The summed E-state index contributed by atoms with van der Waals surface area (Å²) in [5, 5.41) is 20.9. The second-order valence-electron chi connectivity index (χ2n) is 9.42. The molecule has 1 heterocycles. The van der Waals surface area contributed by atoms with Crippen LogP contribution in [0.25, 0.3) is 5.76 Å². The number of aliphatic hydroxyl groups is 1. The zero-order valence-electron chi connectivity index (χ0n) is 20.5. The average molecular weight is 481 g/mol. The number of hydrogen-bond acceptors (Lipinski definition) is 3. The van der Waals surface area contributed by atoms with Crippen molar-refractivity contribution >= 4 is 23.1 Å². The molecule has 2 N–H and O–H groups in total. The average Bonchev–Trinajstić information content (AvgIpc) is 2.89. The molecule has 0 saturated carbocycles. The number of hydrogen-bond donors (Lipinski definition) is 2. The summed E-state index contributed by atoms with van der Waals surface area (Å²) in [6.07, 6.45) is 2.52. The Morgan fingerprint density at radius 3 is 2.39 bits per heavy atom. The van der Waals surface area contributed by atoms with Gasteiger partial charge in [-0.1, -0.05) is 67.1 Å². The first kappa shape index (κ1) is 23.7. The van der Waals surface area contributed by atoms with Crippen LogP contribution in [-0.2, 0) is 11.2 Å². The zero-order valence-corrected chi connectivity index (χ0v) is 20.5. The molecular formula is C31H29FN2O2. The Balaban J connectivity index is 1.82. The third-order valence-corrected chi connectivity index (χ3v) is 7.15. The van der Waals surface area contributed by atoms with Crippen molar-refractivity contribution in [3.8, 4) is 0 Å². The number of anilines is 1. The standard InChI is InChI=1S/C31H29FN2O2/c1-3-20-13-17-22(18-14-20)34-25-9-6-10-26(35)28(25)27(23-7-4-5-8-24(23)32)29(31(34)33)30(36)21-15-11-19(2)12-16-21/h4-5,7-8,11-18,27,33,36H,3,6,9-10H2,1-2H3/b30-29+,33-31?. The summed E-state index contributed by atoms with van der Waals surface area (Å²) in [7, 11) is 0. The third-order valence-electron chi connectivity index (χ3n) is 7.15. The second kappa shape index (κ2) is 9.57. The molecule has 0 saturated heterocycles. The van der Waals surface area contributed by atoms with Gasteiger partial charge >= 0.3 is 0 Å². The fraction of sp³-hybridized carbons (Fsp3) is 0.226. The van der Waals surface area contributed by atoms with Gasteiger partial charge in [0.05, 0.1) is 0 Å². The molecule has 0 fully saturated rings. The second-order valence-corrected chi connectivity index (χ2v) is 9.42. The van der Waals surface area contributed by atoms with Crippen molar-refractivity contribution in [1.82, 2.24) is 0 Å². The molecule has 1 unspecified atom stereocenters. The van der Waals surface area contributed by atoms with Crippen molar-refractivity contribution < 1.29 is 14.3 Å². The Hall–Kier alpha value is -3.99. The van der Waals surface area contributed by atoms with Crippen molar-refractivity contribution in [2.45, 2.75) is 45.4 Å². The van der Waals surface area contributed by atoms with Crippen LogP contribution < -0.4 is 4.90 Å². The minimum absolute atomic E-state index is 0.0547. The SMILES string of the molecule is CCc1ccc(N2C(=N)/C(=C(/O)c3ccc(C)cc3)C(c3ccccc3F)C3=C2CCCC3=O)cc1. The number of halogens is 1. The highest BCUT2D eigenvalue weighted by Crippen LogP contribution is 2.48. The maximum absolute atomic E-state index is 15.3. The van der Waals surface area contributed by atoms with Gasteiger partial charge in [-0.15, -0.1) is 0 Å². The molecule has 0 amide bonds. The van der Waals surface area contributed by atoms with E-state index >= 15 is 4.39 Å². The van der Waals surface area contributed by atoms with Crippen LogP contribution in [0, 0.1) is 18.2 Å². The van der Waals surface area contributed by atoms with E-state index in [1.165, 1.54) is 11.6 Å². The largest absolute Gasteiger partial charge is 0.507 e. The minimum Gasteiger partial charge on any atom is -0.507 e. The summed E-state index contributed by atoms with van der Waals surface area (Å²) in [6, 6.07) is 21.6. The highest BCUT2D eigenvalue weighted by molar-refractivity contribution is 6.19. The van der Waals surface area contributed by atoms with Crippen LogP contribution in [0.15, 0.2) is 89.6 Å². The lowest BCUT2D eigenvalue weighted by molar-refractivity contribution is -0.116. The molecule has 3 aromatic rings. The maximum atomic E-state index is 15.3. The number of aliphatic hydroxyl groups excluding tert-OH is 1. The summed E-state index contributed by atoms with van der Waals surface area (Å²) in [5.74, 6) is -1.46. The number of aryl methyl sites for hydroxylation is 2. The van der Waals surface area contributed by atoms with Crippen LogP contribution in [0.1, 0.15) is 54.4 Å². The lowest BCUT2D eigenvalue weighted by Crippen LogP contribution is -2.42. The molecule has 182 valence electrons. The van der Waals surface area contributed by atoms with Crippen molar-refractivity contribution in [3.63, 3.8) is 0 Å². The van der Waals surface area contributed by atoms with Gasteiger partial charge in [-0.05, 0) is 49.9 Å². The summed E-state index contributed by atoms with van der Waals surface area (Å²) >= 11 is 0. The molecule has 1 aliphatic heterocycles. The molecule has 5 rings (SSSR count). The topological polar surface area (TPSA) is 64.4 Å². The van der Waals surface area contributed by atoms with Gasteiger partial charge in [0.15, 0.2) is 5.78 Å². The van der Waals surface area contributed by atoms with E-state index in [0.717, 1.165) is 17.7 Å². The molecule has 0 aromatic heterocycles. The van der Waals surface area contributed by atoms with Crippen LogP contribution in [0.3, 0.4) is 0 Å². The van der Waals surface area contributed by atoms with Crippen LogP contribution in [0.5, 0.6) is 0 Å². The number of allylic oxidation sites excluding steroid dienone is 2. The summed E-state index contributed by atoms with van der Waals surface area (Å²) in [6.45, 7) is 4.04. The Bertz CT molecular complexity index is 1400. The van der Waals surface area contributed by atoms with E-state index in [4.69, 9.17) is 0 Å². The molecule has 36 heavy (non-hydrogen) atoms. The van der Waals surface area contributed by atoms with Gasteiger partial charge in [0.25, 0.3) is 0 Å². The van der Waals surface area contributed by atoms with Gasteiger partial charge in [-0.25, -0.2) is 4.39 Å². The minimum atomic E-state index is -0.867. The lowest BCUT2D eigenvalue weighted by Gasteiger charge is -2.41. The van der Waals surface area contributed by atoms with Gasteiger partial charge in [-0.3, -0.25) is 15.1 Å². The molecule has 1 aliphatic carbocycles. The van der Waals surface area contributed by atoms with E-state index in [9.17, 15) is 15.3 Å². The maximum Gasteiger partial charge on any atom is 0.161 e. The third kappa shape index (κ3) is 4.05. The van der Waals surface area contributed by atoms with Crippen LogP contribution >= 0.6 is 0 Å². The highest BCUT2D eigenvalue weighted by atomic mass is 19.1. The molecule has 4 nitrogen and oxygen atoms in total. The normalized spacial score (nSPS) is 19.4. The fourth-order valence-electron chi connectivity index (χ4n) is 5.24. The van der Waals surface area contributed by atoms with E-state index in [1.807, 2.05) is 43.3 Å². The Labute approximate surface area is 210 Å². The fourth-order valence-corrected chi connectivity index (χ4v) is 5.24. The number of ketones is 1. The molecule has 0 bridgehead atoms. The van der Waals surface area contributed by atoms with Gasteiger partial charge < -0.3 is 5.11 Å². The smallest absolute Gasteiger partial charge is 0.161 e. The van der Waals surface area contributed by atoms with Crippen molar-refractivity contribution in [1.29, 1.82) is 5.41 Å². The van der Waals surface area contributed by atoms with Crippen molar-refractivity contribution in [2.24, 2.45) is 0 Å². The molecule has 1 atom stereocenters. The summed E-state index contributed by atoms with van der Waals surface area (Å²) < 4.78 is 15.3. The number of rotatable bonds is 4. The molecule has 0 spiro atoms. The summed E-state index contributed by atoms with van der Waals surface area (Å²) in [4.78, 5) is 15.2. The Morgan fingerprint density at radius 2 is 1.72 bits per heavy atom. The molecule has 2 aliphatic rings. The van der Waals surface area contributed by atoms with E-state index in [0.29, 0.717) is 41.7 Å². The molecular weight excluding hydrogens is 451 g/mol. The number of nitrogens with one attached hydrogen (secondary N) is 1. The number of nitrogens with zero attached hydrogens (tertiary/aromatic N) is 1. The number of Topliss-reactive ketones (excluding diaryl/α,β-unsaturated/α-hetero) is 1. The first-order valence-corrected chi connectivity index (χ1v) is 12.4. The van der Waals surface area contributed by atoms with E-state index < -0.39 is 11.7 Å². The van der Waals surface area contributed by atoms with Crippen LogP contribution in [0.2, 0.25) is 0 Å².